The second-order valence-electron chi connectivity index (χ2n) is 5.12. The van der Waals surface area contributed by atoms with Gasteiger partial charge in [0.2, 0.25) is 5.91 Å². The number of carbonyl (C=O) groups excluding carboxylic acids is 1. The largest absolute Gasteiger partial charge is 0.494 e. The van der Waals surface area contributed by atoms with Gasteiger partial charge < -0.3 is 19.5 Å². The number of hydrogen-bond donors (Lipinski definition) is 1. The van der Waals surface area contributed by atoms with Crippen molar-refractivity contribution in [2.24, 2.45) is 0 Å². The third-order valence-electron chi connectivity index (χ3n) is 3.52. The highest BCUT2D eigenvalue weighted by molar-refractivity contribution is 5.76. The summed E-state index contributed by atoms with van der Waals surface area (Å²) in [5, 5.41) is 9.82. The van der Waals surface area contributed by atoms with Gasteiger partial charge in [0.05, 0.1) is 12.7 Å². The second kappa shape index (κ2) is 8.00. The number of nitrogens with zero attached hydrogens (tertiary/aromatic N) is 1. The summed E-state index contributed by atoms with van der Waals surface area (Å²) in [6.07, 6.45) is 0.270. The van der Waals surface area contributed by atoms with Gasteiger partial charge in [-0.05, 0) is 25.5 Å². The van der Waals surface area contributed by atoms with Crippen molar-refractivity contribution >= 4 is 5.91 Å². The summed E-state index contributed by atoms with van der Waals surface area (Å²) in [7, 11) is 0. The molecule has 0 bridgehead atoms. The maximum absolute atomic E-state index is 12.1. The van der Waals surface area contributed by atoms with Crippen LogP contribution in [0.15, 0.2) is 30.3 Å². The molecule has 1 amide bonds. The normalized spacial score (nSPS) is 21.5. The molecule has 1 N–H and O–H groups in total. The first-order valence-electron chi connectivity index (χ1n) is 7.46. The van der Waals surface area contributed by atoms with Crippen molar-refractivity contribution in [1.82, 2.24) is 4.90 Å². The first-order chi connectivity index (χ1) is 10.2. The third-order valence-corrected chi connectivity index (χ3v) is 3.52. The minimum absolute atomic E-state index is 0.0490. The molecule has 5 heteroatoms. The summed E-state index contributed by atoms with van der Waals surface area (Å²) < 4.78 is 11.0. The molecule has 1 saturated heterocycles. The number of benzene rings is 1. The van der Waals surface area contributed by atoms with Gasteiger partial charge in [0.1, 0.15) is 11.9 Å². The summed E-state index contributed by atoms with van der Waals surface area (Å²) >= 11 is 0. The molecule has 1 aromatic carbocycles. The van der Waals surface area contributed by atoms with Crippen LogP contribution in [0.25, 0.3) is 0 Å². The Hall–Kier alpha value is -1.59. The molecule has 2 atom stereocenters. The molecule has 1 fully saturated rings. The molecule has 21 heavy (non-hydrogen) atoms. The molecule has 2 rings (SSSR count). The zero-order valence-electron chi connectivity index (χ0n) is 12.4. The molecule has 1 heterocycles. The molecule has 1 aromatic rings. The standard InChI is InChI=1S/C16H23NO4/c1-2-20-15-12-17(11-14(15)18)16(19)9-6-10-21-13-7-4-3-5-8-13/h3-5,7-8,14-15,18H,2,6,9-12H2,1H3/t14-,15-/m1/s1. The highest BCUT2D eigenvalue weighted by Gasteiger charge is 2.33. The first kappa shape index (κ1) is 15.8. The van der Waals surface area contributed by atoms with Gasteiger partial charge in [-0.25, -0.2) is 0 Å². The van der Waals surface area contributed by atoms with Crippen LogP contribution in [-0.2, 0) is 9.53 Å². The van der Waals surface area contributed by atoms with E-state index >= 15 is 0 Å². The molecule has 116 valence electrons. The lowest BCUT2D eigenvalue weighted by atomic mass is 10.3. The van der Waals surface area contributed by atoms with E-state index in [-0.39, 0.29) is 12.0 Å². The van der Waals surface area contributed by atoms with Gasteiger partial charge >= 0.3 is 0 Å². The van der Waals surface area contributed by atoms with Crippen LogP contribution in [0.2, 0.25) is 0 Å². The van der Waals surface area contributed by atoms with E-state index in [1.54, 1.807) is 4.90 Å². The van der Waals surface area contributed by atoms with Crippen LogP contribution in [0.3, 0.4) is 0 Å². The fourth-order valence-electron chi connectivity index (χ4n) is 2.43. The maximum atomic E-state index is 12.1. The van der Waals surface area contributed by atoms with E-state index in [2.05, 4.69) is 0 Å². The van der Waals surface area contributed by atoms with Crippen molar-refractivity contribution < 1.29 is 19.4 Å². The van der Waals surface area contributed by atoms with Crippen LogP contribution in [0.1, 0.15) is 19.8 Å². The Kier molecular flexibility index (Phi) is 6.02. The van der Waals surface area contributed by atoms with Crippen LogP contribution in [0.4, 0.5) is 0 Å². The third kappa shape index (κ3) is 4.72. The number of para-hydroxylation sites is 1. The monoisotopic (exact) mass is 293 g/mol. The molecule has 5 nitrogen and oxygen atoms in total. The Labute approximate surface area is 125 Å². The predicted molar refractivity (Wildman–Crippen MR) is 79.2 cm³/mol. The smallest absolute Gasteiger partial charge is 0.222 e. The SMILES string of the molecule is CCO[C@@H]1CN(C(=O)CCCOc2ccccc2)C[C@H]1O. The van der Waals surface area contributed by atoms with Crippen molar-refractivity contribution in [2.75, 3.05) is 26.3 Å². The summed E-state index contributed by atoms with van der Waals surface area (Å²) in [5.74, 6) is 0.867. The lowest BCUT2D eigenvalue weighted by molar-refractivity contribution is -0.131. The van der Waals surface area contributed by atoms with Crippen LogP contribution in [-0.4, -0.2) is 54.4 Å². The number of aliphatic hydroxyl groups excluding tert-OH is 1. The molecule has 0 saturated carbocycles. The van der Waals surface area contributed by atoms with E-state index < -0.39 is 6.10 Å². The van der Waals surface area contributed by atoms with E-state index in [1.165, 1.54) is 0 Å². The average molecular weight is 293 g/mol. The number of hydrogen-bond acceptors (Lipinski definition) is 4. The first-order valence-corrected chi connectivity index (χ1v) is 7.46. The molecule has 1 aliphatic heterocycles. The lowest BCUT2D eigenvalue weighted by Crippen LogP contribution is -2.30. The highest BCUT2D eigenvalue weighted by Crippen LogP contribution is 2.15. The molecule has 0 spiro atoms. The number of likely N-dealkylation sites (tertiary alicyclic amines) is 1. The van der Waals surface area contributed by atoms with Crippen LogP contribution < -0.4 is 4.74 Å². The van der Waals surface area contributed by atoms with E-state index in [9.17, 15) is 9.90 Å². The molecule has 0 aliphatic carbocycles. The van der Waals surface area contributed by atoms with Gasteiger partial charge in [-0.2, -0.15) is 0 Å². The van der Waals surface area contributed by atoms with Gasteiger partial charge in [-0.1, -0.05) is 18.2 Å². The number of amides is 1. The fourth-order valence-corrected chi connectivity index (χ4v) is 2.43. The summed E-state index contributed by atoms with van der Waals surface area (Å²) in [6, 6.07) is 9.56. The van der Waals surface area contributed by atoms with Crippen LogP contribution in [0.5, 0.6) is 5.75 Å². The van der Waals surface area contributed by atoms with Gasteiger partial charge in [-0.15, -0.1) is 0 Å². The van der Waals surface area contributed by atoms with Gasteiger partial charge in [0, 0.05) is 26.1 Å². The predicted octanol–water partition coefficient (Wildman–Crippen LogP) is 1.45. The van der Waals surface area contributed by atoms with Crippen molar-refractivity contribution in [3.05, 3.63) is 30.3 Å². The fraction of sp³-hybridized carbons (Fsp3) is 0.562. The highest BCUT2D eigenvalue weighted by atomic mass is 16.5. The minimum atomic E-state index is -0.575. The van der Waals surface area contributed by atoms with Crippen molar-refractivity contribution in [3.8, 4) is 5.75 Å². The van der Waals surface area contributed by atoms with Gasteiger partial charge in [0.15, 0.2) is 0 Å². The Morgan fingerprint density at radius 3 is 2.81 bits per heavy atom. The molecule has 0 radical (unpaired) electrons. The molecule has 1 aliphatic rings. The van der Waals surface area contributed by atoms with Crippen molar-refractivity contribution in [3.63, 3.8) is 0 Å². The van der Waals surface area contributed by atoms with Crippen LogP contribution >= 0.6 is 0 Å². The summed E-state index contributed by atoms with van der Waals surface area (Å²) in [6.45, 7) is 3.80. The Morgan fingerprint density at radius 1 is 1.33 bits per heavy atom. The minimum Gasteiger partial charge on any atom is -0.494 e. The Bertz CT molecular complexity index is 437. The van der Waals surface area contributed by atoms with Crippen LogP contribution in [0, 0.1) is 0 Å². The van der Waals surface area contributed by atoms with E-state index in [0.29, 0.717) is 39.1 Å². The van der Waals surface area contributed by atoms with Gasteiger partial charge in [0.25, 0.3) is 0 Å². The molecular weight excluding hydrogens is 270 g/mol. The second-order valence-corrected chi connectivity index (χ2v) is 5.12. The average Bonchev–Trinajstić information content (AvgIpc) is 2.86. The maximum Gasteiger partial charge on any atom is 0.222 e. The number of aliphatic hydroxyl groups is 1. The number of carbonyl (C=O) groups is 1. The Balaban J connectivity index is 1.66. The van der Waals surface area contributed by atoms with E-state index in [1.807, 2.05) is 37.3 Å². The Morgan fingerprint density at radius 2 is 2.10 bits per heavy atom. The van der Waals surface area contributed by atoms with Gasteiger partial charge in [-0.3, -0.25) is 4.79 Å². The number of β-amino-alcohol motifs (C(OH)–C–C–N with tert-alkyl or cyclic N) is 1. The number of ether oxygens (including phenoxy) is 2. The molecule has 0 unspecified atom stereocenters. The number of rotatable bonds is 7. The summed E-state index contributed by atoms with van der Waals surface area (Å²) in [4.78, 5) is 13.7. The van der Waals surface area contributed by atoms with E-state index in [4.69, 9.17) is 9.47 Å². The van der Waals surface area contributed by atoms with Crippen molar-refractivity contribution in [2.45, 2.75) is 32.0 Å². The van der Waals surface area contributed by atoms with E-state index in [0.717, 1.165) is 5.75 Å². The lowest BCUT2D eigenvalue weighted by Gasteiger charge is -2.16. The zero-order valence-corrected chi connectivity index (χ0v) is 12.4. The topological polar surface area (TPSA) is 59.0 Å². The quantitative estimate of drug-likeness (QED) is 0.773. The summed E-state index contributed by atoms with van der Waals surface area (Å²) in [5.41, 5.74) is 0. The molecule has 0 aromatic heterocycles. The molecular formula is C16H23NO4. The zero-order chi connectivity index (χ0) is 15.1. The van der Waals surface area contributed by atoms with Crippen molar-refractivity contribution in [1.29, 1.82) is 0 Å².